The molecular formula is C17H22Br2O. The highest BCUT2D eigenvalue weighted by molar-refractivity contribution is 9.10. The van der Waals surface area contributed by atoms with Crippen molar-refractivity contribution in [2.75, 3.05) is 6.61 Å². The molecule has 1 saturated carbocycles. The summed E-state index contributed by atoms with van der Waals surface area (Å²) in [4.78, 5) is 0.435. The van der Waals surface area contributed by atoms with Gasteiger partial charge in [0.05, 0.1) is 6.61 Å². The van der Waals surface area contributed by atoms with Crippen LogP contribution in [-0.2, 0) is 6.42 Å². The SMILES string of the molecule is Brc1cc2c(c(C(Br)C3CCCCCCC3)c1)OCC2. The molecule has 110 valence electrons. The van der Waals surface area contributed by atoms with Gasteiger partial charge in [0.25, 0.3) is 0 Å². The molecule has 1 nitrogen and oxygen atoms in total. The molecule has 1 heterocycles. The molecule has 1 aromatic carbocycles. The van der Waals surface area contributed by atoms with E-state index in [-0.39, 0.29) is 0 Å². The van der Waals surface area contributed by atoms with Crippen LogP contribution in [0.4, 0.5) is 0 Å². The zero-order chi connectivity index (χ0) is 13.9. The molecule has 1 fully saturated rings. The van der Waals surface area contributed by atoms with E-state index in [2.05, 4.69) is 44.0 Å². The molecule has 0 spiro atoms. The third kappa shape index (κ3) is 3.24. The van der Waals surface area contributed by atoms with E-state index in [4.69, 9.17) is 4.74 Å². The van der Waals surface area contributed by atoms with Crippen molar-refractivity contribution in [1.29, 1.82) is 0 Å². The van der Waals surface area contributed by atoms with Gasteiger partial charge in [-0.05, 0) is 36.5 Å². The van der Waals surface area contributed by atoms with Crippen molar-refractivity contribution < 1.29 is 4.74 Å². The summed E-state index contributed by atoms with van der Waals surface area (Å²) in [6.07, 6.45) is 10.7. The first-order valence-electron chi connectivity index (χ1n) is 7.85. The lowest BCUT2D eigenvalue weighted by molar-refractivity contribution is 0.341. The van der Waals surface area contributed by atoms with Gasteiger partial charge >= 0.3 is 0 Å². The van der Waals surface area contributed by atoms with Gasteiger partial charge in [-0.25, -0.2) is 0 Å². The van der Waals surface area contributed by atoms with Gasteiger partial charge in [0.15, 0.2) is 0 Å². The monoisotopic (exact) mass is 400 g/mol. The van der Waals surface area contributed by atoms with Crippen LogP contribution in [0.5, 0.6) is 5.75 Å². The quantitative estimate of drug-likeness (QED) is 0.537. The molecule has 2 aliphatic rings. The van der Waals surface area contributed by atoms with Gasteiger partial charge in [0, 0.05) is 21.3 Å². The molecule has 0 radical (unpaired) electrons. The van der Waals surface area contributed by atoms with E-state index >= 15 is 0 Å². The molecule has 1 atom stereocenters. The topological polar surface area (TPSA) is 9.23 Å². The predicted molar refractivity (Wildman–Crippen MR) is 90.8 cm³/mol. The van der Waals surface area contributed by atoms with Gasteiger partial charge in [-0.15, -0.1) is 0 Å². The van der Waals surface area contributed by atoms with Gasteiger partial charge in [0.1, 0.15) is 5.75 Å². The fraction of sp³-hybridized carbons (Fsp3) is 0.647. The van der Waals surface area contributed by atoms with Crippen molar-refractivity contribution in [1.82, 2.24) is 0 Å². The molecule has 3 rings (SSSR count). The van der Waals surface area contributed by atoms with E-state index in [1.54, 1.807) is 0 Å². The molecule has 1 aliphatic heterocycles. The standard InChI is InChI=1S/C17H22Br2O/c18-14-10-13-8-9-20-17(13)15(11-14)16(19)12-6-4-2-1-3-5-7-12/h10-12,16H,1-9H2. The lowest BCUT2D eigenvalue weighted by atomic mass is 9.86. The van der Waals surface area contributed by atoms with Crippen molar-refractivity contribution in [3.8, 4) is 5.75 Å². The summed E-state index contributed by atoms with van der Waals surface area (Å²) in [7, 11) is 0. The number of rotatable bonds is 2. The second-order valence-corrected chi connectivity index (χ2v) is 7.99. The Kier molecular flexibility index (Phi) is 5.09. The van der Waals surface area contributed by atoms with E-state index in [1.165, 1.54) is 60.5 Å². The maximum absolute atomic E-state index is 5.90. The molecule has 3 heteroatoms. The molecule has 20 heavy (non-hydrogen) atoms. The van der Waals surface area contributed by atoms with Crippen molar-refractivity contribution in [2.24, 2.45) is 5.92 Å². The van der Waals surface area contributed by atoms with E-state index < -0.39 is 0 Å². The molecule has 0 bridgehead atoms. The van der Waals surface area contributed by atoms with Crippen molar-refractivity contribution >= 4 is 31.9 Å². The van der Waals surface area contributed by atoms with Gasteiger partial charge in [0.2, 0.25) is 0 Å². The van der Waals surface area contributed by atoms with Crippen LogP contribution in [0, 0.1) is 5.92 Å². The lowest BCUT2D eigenvalue weighted by Crippen LogP contribution is -2.11. The number of hydrogen-bond donors (Lipinski definition) is 0. The Morgan fingerprint density at radius 2 is 1.75 bits per heavy atom. The Bertz CT molecular complexity index is 464. The minimum Gasteiger partial charge on any atom is -0.493 e. The highest BCUT2D eigenvalue weighted by Gasteiger charge is 2.27. The average Bonchev–Trinajstić information content (AvgIpc) is 2.84. The summed E-state index contributed by atoms with van der Waals surface area (Å²) in [5.41, 5.74) is 2.72. The highest BCUT2D eigenvalue weighted by atomic mass is 79.9. The molecule has 1 unspecified atom stereocenters. The second-order valence-electron chi connectivity index (χ2n) is 6.09. The zero-order valence-electron chi connectivity index (χ0n) is 11.8. The van der Waals surface area contributed by atoms with Crippen molar-refractivity contribution in [3.63, 3.8) is 0 Å². The normalized spacial score (nSPS) is 21.7. The first-order chi connectivity index (χ1) is 9.75. The number of ether oxygens (including phenoxy) is 1. The Morgan fingerprint density at radius 3 is 2.50 bits per heavy atom. The third-order valence-corrected chi connectivity index (χ3v) is 6.34. The third-order valence-electron chi connectivity index (χ3n) is 4.64. The van der Waals surface area contributed by atoms with Crippen LogP contribution in [0.1, 0.15) is 60.9 Å². The minimum absolute atomic E-state index is 0.435. The summed E-state index contributed by atoms with van der Waals surface area (Å²) in [5, 5.41) is 0. The van der Waals surface area contributed by atoms with Crippen molar-refractivity contribution in [2.45, 2.75) is 56.2 Å². The molecule has 0 N–H and O–H groups in total. The van der Waals surface area contributed by atoms with E-state index in [1.807, 2.05) is 0 Å². The first-order valence-corrected chi connectivity index (χ1v) is 9.56. The van der Waals surface area contributed by atoms with E-state index in [9.17, 15) is 0 Å². The Balaban J connectivity index is 1.84. The lowest BCUT2D eigenvalue weighted by Gasteiger charge is -2.26. The fourth-order valence-electron chi connectivity index (χ4n) is 3.54. The molecule has 1 aromatic rings. The maximum atomic E-state index is 5.90. The maximum Gasteiger partial charge on any atom is 0.127 e. The number of fused-ring (bicyclic) bond motifs is 1. The van der Waals surface area contributed by atoms with Crippen LogP contribution < -0.4 is 4.74 Å². The Hall–Kier alpha value is -0.0200. The number of halogens is 2. The van der Waals surface area contributed by atoms with Gasteiger partial charge in [-0.1, -0.05) is 64.0 Å². The van der Waals surface area contributed by atoms with Crippen LogP contribution >= 0.6 is 31.9 Å². The second kappa shape index (κ2) is 6.83. The van der Waals surface area contributed by atoms with Crippen LogP contribution in [0.25, 0.3) is 0 Å². The minimum atomic E-state index is 0.435. The summed E-state index contributed by atoms with van der Waals surface area (Å²) in [6.45, 7) is 0.836. The first kappa shape index (κ1) is 14.9. The van der Waals surface area contributed by atoms with Crippen LogP contribution in [0.3, 0.4) is 0 Å². The molecule has 1 aliphatic carbocycles. The summed E-state index contributed by atoms with van der Waals surface area (Å²) in [6, 6.07) is 4.46. The van der Waals surface area contributed by atoms with Gasteiger partial charge < -0.3 is 4.74 Å². The summed E-state index contributed by atoms with van der Waals surface area (Å²) >= 11 is 7.65. The fourth-order valence-corrected chi connectivity index (χ4v) is 4.93. The molecule has 0 amide bonds. The number of benzene rings is 1. The van der Waals surface area contributed by atoms with Crippen LogP contribution in [0.15, 0.2) is 16.6 Å². The summed E-state index contributed by atoms with van der Waals surface area (Å²) in [5.74, 6) is 1.90. The summed E-state index contributed by atoms with van der Waals surface area (Å²) < 4.78 is 7.09. The van der Waals surface area contributed by atoms with Crippen LogP contribution in [0.2, 0.25) is 0 Å². The molecule has 0 saturated heterocycles. The predicted octanol–water partition coefficient (Wildman–Crippen LogP) is 6.18. The van der Waals surface area contributed by atoms with E-state index in [0.29, 0.717) is 4.83 Å². The van der Waals surface area contributed by atoms with E-state index in [0.717, 1.165) is 24.7 Å². The Morgan fingerprint density at radius 1 is 1.05 bits per heavy atom. The molecule has 0 aromatic heterocycles. The highest BCUT2D eigenvalue weighted by Crippen LogP contribution is 2.45. The molecular weight excluding hydrogens is 380 g/mol. The largest absolute Gasteiger partial charge is 0.493 e. The van der Waals surface area contributed by atoms with Crippen LogP contribution in [-0.4, -0.2) is 6.61 Å². The smallest absolute Gasteiger partial charge is 0.127 e. The van der Waals surface area contributed by atoms with Gasteiger partial charge in [-0.3, -0.25) is 0 Å². The zero-order valence-corrected chi connectivity index (χ0v) is 15.0. The average molecular weight is 402 g/mol. The Labute approximate surface area is 138 Å². The van der Waals surface area contributed by atoms with Crippen molar-refractivity contribution in [3.05, 3.63) is 27.7 Å². The number of hydrogen-bond acceptors (Lipinski definition) is 1. The number of alkyl halides is 1. The van der Waals surface area contributed by atoms with Gasteiger partial charge in [-0.2, -0.15) is 0 Å².